The van der Waals surface area contributed by atoms with E-state index < -0.39 is 18.3 Å². The van der Waals surface area contributed by atoms with E-state index in [1.165, 1.54) is 32.7 Å². The van der Waals surface area contributed by atoms with Crippen molar-refractivity contribution in [1.82, 2.24) is 4.57 Å². The lowest BCUT2D eigenvalue weighted by Crippen LogP contribution is -2.41. The largest absolute Gasteiger partial charge is 0.494 e. The molecule has 51 heavy (non-hydrogen) atoms. The quantitative estimate of drug-likeness (QED) is 0.166. The summed E-state index contributed by atoms with van der Waals surface area (Å²) in [6, 6.07) is 58.8. The zero-order valence-corrected chi connectivity index (χ0v) is 29.4. The van der Waals surface area contributed by atoms with Gasteiger partial charge in [0.1, 0.15) is 0 Å². The molecule has 0 saturated carbocycles. The third kappa shape index (κ3) is 5.41. The number of hydrogen-bond acceptors (Lipinski definition) is 3. The van der Waals surface area contributed by atoms with Crippen LogP contribution in [-0.2, 0) is 9.31 Å². The molecule has 9 rings (SSSR count). The third-order valence-corrected chi connectivity index (χ3v) is 10.8. The number of anilines is 3. The summed E-state index contributed by atoms with van der Waals surface area (Å²) in [7, 11) is -0.433. The molecule has 0 bridgehead atoms. The average molecular weight is 663 g/mol. The maximum absolute atomic E-state index is 6.47. The van der Waals surface area contributed by atoms with Gasteiger partial charge in [0.25, 0.3) is 0 Å². The first-order chi connectivity index (χ1) is 24.8. The second-order valence-corrected chi connectivity index (χ2v) is 14.5. The SMILES string of the molecule is CC1(C)OB(c2ccc3c4ccccc4n(-c4ccc(N(c5ccc(-c6ccccc6)cc5)c5ccc6ccccc6c5)cc4)c3c2)OC1(C)C. The Morgan fingerprint density at radius 2 is 1.04 bits per heavy atom. The van der Waals surface area contributed by atoms with E-state index in [9.17, 15) is 0 Å². The molecule has 0 aliphatic carbocycles. The topological polar surface area (TPSA) is 26.6 Å². The van der Waals surface area contributed by atoms with E-state index in [0.717, 1.165) is 39.2 Å². The normalized spacial score (nSPS) is 15.2. The molecule has 1 aromatic heterocycles. The van der Waals surface area contributed by atoms with Crippen LogP contribution in [0.5, 0.6) is 0 Å². The Labute approximate surface area is 299 Å². The summed E-state index contributed by atoms with van der Waals surface area (Å²) in [5.74, 6) is 0. The average Bonchev–Trinajstić information content (AvgIpc) is 3.60. The van der Waals surface area contributed by atoms with Crippen LogP contribution >= 0.6 is 0 Å². The summed E-state index contributed by atoms with van der Waals surface area (Å²) in [5.41, 5.74) is 9.27. The van der Waals surface area contributed by atoms with Crippen LogP contribution in [0.3, 0.4) is 0 Å². The molecule has 0 amide bonds. The van der Waals surface area contributed by atoms with E-state index in [1.807, 2.05) is 0 Å². The highest BCUT2D eigenvalue weighted by atomic mass is 16.7. The second kappa shape index (κ2) is 12.0. The molecule has 0 radical (unpaired) electrons. The van der Waals surface area contributed by atoms with E-state index in [0.29, 0.717) is 0 Å². The van der Waals surface area contributed by atoms with Crippen LogP contribution in [0.15, 0.2) is 164 Å². The maximum Gasteiger partial charge on any atom is 0.494 e. The fourth-order valence-corrected chi connectivity index (χ4v) is 7.34. The minimum Gasteiger partial charge on any atom is -0.399 e. The molecular formula is C46H39BN2O2. The minimum absolute atomic E-state index is 0.409. The molecule has 5 heteroatoms. The highest BCUT2D eigenvalue weighted by molar-refractivity contribution is 6.62. The maximum atomic E-state index is 6.47. The molecule has 0 atom stereocenters. The van der Waals surface area contributed by atoms with E-state index in [4.69, 9.17) is 9.31 Å². The lowest BCUT2D eigenvalue weighted by Gasteiger charge is -2.32. The van der Waals surface area contributed by atoms with Gasteiger partial charge in [-0.1, -0.05) is 103 Å². The number of benzene rings is 7. The number of nitrogens with zero attached hydrogens (tertiary/aromatic N) is 2. The molecule has 0 spiro atoms. The first-order valence-corrected chi connectivity index (χ1v) is 17.7. The zero-order chi connectivity index (χ0) is 34.7. The van der Waals surface area contributed by atoms with Gasteiger partial charge in [-0.25, -0.2) is 0 Å². The number of aromatic nitrogens is 1. The van der Waals surface area contributed by atoms with Gasteiger partial charge in [-0.3, -0.25) is 0 Å². The number of rotatable bonds is 6. The molecule has 0 unspecified atom stereocenters. The van der Waals surface area contributed by atoms with Gasteiger partial charge in [-0.2, -0.15) is 0 Å². The van der Waals surface area contributed by atoms with E-state index in [1.54, 1.807) is 0 Å². The summed E-state index contributed by atoms with van der Waals surface area (Å²) in [5, 5.41) is 4.85. The number of para-hydroxylation sites is 1. The van der Waals surface area contributed by atoms with Crippen molar-refractivity contribution >= 4 is 62.2 Å². The molecule has 1 saturated heterocycles. The molecule has 1 aliphatic rings. The van der Waals surface area contributed by atoms with Crippen LogP contribution in [0, 0.1) is 0 Å². The van der Waals surface area contributed by atoms with Gasteiger partial charge >= 0.3 is 7.12 Å². The van der Waals surface area contributed by atoms with Gasteiger partial charge < -0.3 is 18.8 Å². The lowest BCUT2D eigenvalue weighted by atomic mass is 9.79. The van der Waals surface area contributed by atoms with Crippen LogP contribution in [0.1, 0.15) is 27.7 Å². The molecule has 0 N–H and O–H groups in total. The van der Waals surface area contributed by atoms with Crippen molar-refractivity contribution in [3.05, 3.63) is 164 Å². The summed E-state index contributed by atoms with van der Waals surface area (Å²) < 4.78 is 15.3. The Morgan fingerprint density at radius 3 is 1.76 bits per heavy atom. The van der Waals surface area contributed by atoms with E-state index in [2.05, 4.69) is 201 Å². The summed E-state index contributed by atoms with van der Waals surface area (Å²) in [4.78, 5) is 2.34. The van der Waals surface area contributed by atoms with Gasteiger partial charge in [-0.05, 0) is 116 Å². The van der Waals surface area contributed by atoms with Crippen molar-refractivity contribution in [2.75, 3.05) is 4.90 Å². The first-order valence-electron chi connectivity index (χ1n) is 17.7. The highest BCUT2D eigenvalue weighted by Crippen LogP contribution is 2.40. The number of hydrogen-bond donors (Lipinski definition) is 0. The van der Waals surface area contributed by atoms with Crippen LogP contribution < -0.4 is 10.4 Å². The number of fused-ring (bicyclic) bond motifs is 4. The Balaban J connectivity index is 1.15. The van der Waals surface area contributed by atoms with Crippen molar-refractivity contribution in [3.63, 3.8) is 0 Å². The minimum atomic E-state index is -0.433. The monoisotopic (exact) mass is 662 g/mol. The van der Waals surface area contributed by atoms with Gasteiger partial charge in [0.15, 0.2) is 0 Å². The molecular weight excluding hydrogens is 623 g/mol. The third-order valence-electron chi connectivity index (χ3n) is 10.8. The molecule has 2 heterocycles. The van der Waals surface area contributed by atoms with Crippen molar-refractivity contribution in [2.45, 2.75) is 38.9 Å². The van der Waals surface area contributed by atoms with Crippen LogP contribution in [0.25, 0.3) is 49.4 Å². The van der Waals surface area contributed by atoms with Gasteiger partial charge in [0.2, 0.25) is 0 Å². The van der Waals surface area contributed by atoms with Crippen molar-refractivity contribution < 1.29 is 9.31 Å². The molecule has 7 aromatic carbocycles. The fourth-order valence-electron chi connectivity index (χ4n) is 7.34. The fraction of sp³-hybridized carbons (Fsp3) is 0.130. The van der Waals surface area contributed by atoms with Crippen molar-refractivity contribution in [2.24, 2.45) is 0 Å². The second-order valence-electron chi connectivity index (χ2n) is 14.5. The highest BCUT2D eigenvalue weighted by Gasteiger charge is 2.51. The van der Waals surface area contributed by atoms with Gasteiger partial charge in [-0.15, -0.1) is 0 Å². The Kier molecular flexibility index (Phi) is 7.39. The van der Waals surface area contributed by atoms with E-state index >= 15 is 0 Å². The molecule has 1 fully saturated rings. The molecule has 1 aliphatic heterocycles. The van der Waals surface area contributed by atoms with E-state index in [-0.39, 0.29) is 0 Å². The van der Waals surface area contributed by atoms with Crippen LogP contribution in [0.4, 0.5) is 17.1 Å². The lowest BCUT2D eigenvalue weighted by molar-refractivity contribution is 0.00578. The predicted octanol–water partition coefficient (Wildman–Crippen LogP) is 11.4. The van der Waals surface area contributed by atoms with Crippen LogP contribution in [0.2, 0.25) is 0 Å². The van der Waals surface area contributed by atoms with Crippen molar-refractivity contribution in [1.29, 1.82) is 0 Å². The molecule has 248 valence electrons. The Bertz CT molecular complexity index is 2520. The smallest absolute Gasteiger partial charge is 0.399 e. The van der Waals surface area contributed by atoms with Gasteiger partial charge in [0, 0.05) is 33.5 Å². The first kappa shape index (κ1) is 31.4. The summed E-state index contributed by atoms with van der Waals surface area (Å²) in [6.07, 6.45) is 0. The molecule has 4 nitrogen and oxygen atoms in total. The van der Waals surface area contributed by atoms with Crippen molar-refractivity contribution in [3.8, 4) is 16.8 Å². The Morgan fingerprint density at radius 1 is 0.471 bits per heavy atom. The zero-order valence-electron chi connectivity index (χ0n) is 29.4. The summed E-state index contributed by atoms with van der Waals surface area (Å²) >= 11 is 0. The standard InChI is InChI=1S/C46H39BN2O2/c1-45(2)46(3,4)51-47(50-45)36-21-29-42-41-16-10-11-17-43(41)49(44(42)31-36)39-27-25-38(26-28-39)48(40-24-20-33-14-8-9-15-35(33)30-40)37-22-18-34(19-23-37)32-12-6-5-7-13-32/h5-31H,1-4H3. The Hall–Kier alpha value is -5.62. The van der Waals surface area contributed by atoms with Crippen LogP contribution in [-0.4, -0.2) is 22.9 Å². The van der Waals surface area contributed by atoms with Gasteiger partial charge in [0.05, 0.1) is 22.2 Å². The summed E-state index contributed by atoms with van der Waals surface area (Å²) in [6.45, 7) is 8.40. The predicted molar refractivity (Wildman–Crippen MR) is 214 cm³/mol. The molecule has 8 aromatic rings.